The second-order valence-corrected chi connectivity index (χ2v) is 8.05. The minimum Gasteiger partial charge on any atom is -0.349 e. The molecule has 4 aromatic rings. The van der Waals surface area contributed by atoms with Crippen LogP contribution in [0.3, 0.4) is 0 Å². The van der Waals surface area contributed by atoms with Crippen LogP contribution in [0.1, 0.15) is 44.0 Å². The topological polar surface area (TPSA) is 73.8 Å². The predicted molar refractivity (Wildman–Crippen MR) is 126 cm³/mol. The van der Waals surface area contributed by atoms with Crippen molar-refractivity contribution >= 4 is 16.9 Å². The van der Waals surface area contributed by atoms with E-state index in [4.69, 9.17) is 0 Å². The second-order valence-electron chi connectivity index (χ2n) is 8.05. The normalized spacial score (nSPS) is 12.2. The molecule has 0 aliphatic rings. The van der Waals surface area contributed by atoms with Crippen LogP contribution in [0.4, 0.5) is 0 Å². The number of para-hydroxylation sites is 3. The third kappa shape index (κ3) is 4.10. The maximum absolute atomic E-state index is 12.9. The summed E-state index contributed by atoms with van der Waals surface area (Å²) in [6.07, 6.45) is 2.91. The molecule has 2 aromatic carbocycles. The maximum Gasteiger partial charge on any atom is 0.329 e. The molecule has 1 atom stereocenters. The zero-order valence-electron chi connectivity index (χ0n) is 18.8. The van der Waals surface area contributed by atoms with Gasteiger partial charge in [-0.2, -0.15) is 5.10 Å². The van der Waals surface area contributed by atoms with Gasteiger partial charge in [-0.05, 0) is 44.5 Å². The Morgan fingerprint density at radius 3 is 2.28 bits per heavy atom. The summed E-state index contributed by atoms with van der Waals surface area (Å²) in [4.78, 5) is 25.6. The van der Waals surface area contributed by atoms with Gasteiger partial charge in [0, 0.05) is 30.8 Å². The molecule has 2 heterocycles. The van der Waals surface area contributed by atoms with Crippen molar-refractivity contribution in [1.29, 1.82) is 0 Å². The first-order chi connectivity index (χ1) is 15.5. The Morgan fingerprint density at radius 2 is 1.62 bits per heavy atom. The van der Waals surface area contributed by atoms with Crippen molar-refractivity contribution in [2.24, 2.45) is 0 Å². The van der Waals surface area contributed by atoms with Crippen LogP contribution in [0, 0.1) is 6.92 Å². The first-order valence-electron chi connectivity index (χ1n) is 11.1. The molecule has 32 heavy (non-hydrogen) atoms. The van der Waals surface area contributed by atoms with Gasteiger partial charge in [-0.3, -0.25) is 13.9 Å². The maximum atomic E-state index is 12.9. The molecule has 0 bridgehead atoms. The molecule has 0 radical (unpaired) electrons. The van der Waals surface area contributed by atoms with Gasteiger partial charge < -0.3 is 5.32 Å². The molecule has 0 fully saturated rings. The molecule has 1 unspecified atom stereocenters. The molecular weight excluding hydrogens is 402 g/mol. The van der Waals surface area contributed by atoms with Crippen molar-refractivity contribution < 1.29 is 4.79 Å². The van der Waals surface area contributed by atoms with Crippen LogP contribution in [-0.2, 0) is 17.9 Å². The van der Waals surface area contributed by atoms with E-state index in [1.165, 1.54) is 0 Å². The first kappa shape index (κ1) is 21.6. The van der Waals surface area contributed by atoms with Crippen LogP contribution < -0.4 is 11.0 Å². The molecule has 0 spiro atoms. The number of hydrogen-bond donors (Lipinski definition) is 1. The van der Waals surface area contributed by atoms with Crippen LogP contribution in [-0.4, -0.2) is 24.8 Å². The van der Waals surface area contributed by atoms with Crippen molar-refractivity contribution in [3.05, 3.63) is 82.5 Å². The Morgan fingerprint density at radius 1 is 1.00 bits per heavy atom. The summed E-state index contributed by atoms with van der Waals surface area (Å²) < 4.78 is 5.37. The summed E-state index contributed by atoms with van der Waals surface area (Å²) in [6.45, 7) is 7.02. The number of amides is 1. The van der Waals surface area contributed by atoms with E-state index in [0.717, 1.165) is 34.4 Å². The standard InChI is InChI=1S/C25H29N5O2/c1-4-15-28-22-12-8-9-13-23(22)29(25(28)32)16-14-24(31)27-18(2)21-17-26-30(19(21)3)20-10-6-5-7-11-20/h5-13,17-18H,4,14-16H2,1-3H3,(H,27,31). The summed E-state index contributed by atoms with van der Waals surface area (Å²) in [6, 6.07) is 17.5. The van der Waals surface area contributed by atoms with Crippen LogP contribution in [0.15, 0.2) is 65.6 Å². The molecule has 166 valence electrons. The van der Waals surface area contributed by atoms with Crippen LogP contribution in [0.2, 0.25) is 0 Å². The number of nitrogens with zero attached hydrogens (tertiary/aromatic N) is 4. The molecule has 4 rings (SSSR count). The third-order valence-electron chi connectivity index (χ3n) is 5.83. The van der Waals surface area contributed by atoms with E-state index in [2.05, 4.69) is 17.3 Å². The molecule has 0 saturated heterocycles. The summed E-state index contributed by atoms with van der Waals surface area (Å²) >= 11 is 0. The van der Waals surface area contributed by atoms with Gasteiger partial charge >= 0.3 is 5.69 Å². The number of carbonyl (C=O) groups is 1. The largest absolute Gasteiger partial charge is 0.349 e. The second kappa shape index (κ2) is 9.26. The fourth-order valence-electron chi connectivity index (χ4n) is 4.21. The molecule has 0 aliphatic heterocycles. The van der Waals surface area contributed by atoms with Crippen LogP contribution >= 0.6 is 0 Å². The predicted octanol–water partition coefficient (Wildman–Crippen LogP) is 3.97. The van der Waals surface area contributed by atoms with Gasteiger partial charge in [-0.15, -0.1) is 0 Å². The highest BCUT2D eigenvalue weighted by Crippen LogP contribution is 2.20. The SMILES string of the molecule is CCCn1c(=O)n(CCC(=O)NC(C)c2cnn(-c3ccccc3)c2C)c2ccccc21. The number of hydrogen-bond acceptors (Lipinski definition) is 3. The fourth-order valence-corrected chi connectivity index (χ4v) is 4.21. The summed E-state index contributed by atoms with van der Waals surface area (Å²) in [5.74, 6) is -0.0939. The van der Waals surface area contributed by atoms with Crippen molar-refractivity contribution in [1.82, 2.24) is 24.2 Å². The quantitative estimate of drug-likeness (QED) is 0.459. The smallest absolute Gasteiger partial charge is 0.329 e. The number of carbonyl (C=O) groups excluding carboxylic acids is 1. The van der Waals surface area contributed by atoms with Gasteiger partial charge in [0.05, 0.1) is 29.0 Å². The molecule has 7 nitrogen and oxygen atoms in total. The third-order valence-corrected chi connectivity index (χ3v) is 5.83. The number of aromatic nitrogens is 4. The van der Waals surface area contributed by atoms with Gasteiger partial charge in [-0.25, -0.2) is 9.48 Å². The summed E-state index contributed by atoms with van der Waals surface area (Å²) in [7, 11) is 0. The van der Waals surface area contributed by atoms with Crippen molar-refractivity contribution in [2.45, 2.75) is 52.7 Å². The van der Waals surface area contributed by atoms with E-state index in [1.54, 1.807) is 15.3 Å². The van der Waals surface area contributed by atoms with Gasteiger partial charge in [0.2, 0.25) is 5.91 Å². The number of imidazole rings is 1. The Kier molecular flexibility index (Phi) is 6.25. The van der Waals surface area contributed by atoms with Crippen LogP contribution in [0.25, 0.3) is 16.7 Å². The van der Waals surface area contributed by atoms with E-state index in [-0.39, 0.29) is 24.1 Å². The Bertz CT molecular complexity index is 1280. The summed E-state index contributed by atoms with van der Waals surface area (Å²) in [5, 5.41) is 7.55. The lowest BCUT2D eigenvalue weighted by Gasteiger charge is -2.14. The number of nitrogens with one attached hydrogen (secondary N) is 1. The molecule has 1 amide bonds. The molecule has 1 N–H and O–H groups in total. The Labute approximate surface area is 187 Å². The molecule has 0 saturated carbocycles. The first-order valence-corrected chi connectivity index (χ1v) is 11.1. The zero-order chi connectivity index (χ0) is 22.7. The molecular formula is C25H29N5O2. The van der Waals surface area contributed by atoms with Crippen molar-refractivity contribution in [3.8, 4) is 5.69 Å². The number of aryl methyl sites for hydroxylation is 2. The monoisotopic (exact) mass is 431 g/mol. The number of rotatable bonds is 8. The summed E-state index contributed by atoms with van der Waals surface area (Å²) in [5.41, 5.74) is 4.66. The highest BCUT2D eigenvalue weighted by Gasteiger charge is 2.18. The average Bonchev–Trinajstić information content (AvgIpc) is 3.31. The Hall–Kier alpha value is -3.61. The van der Waals surface area contributed by atoms with E-state index in [0.29, 0.717) is 13.1 Å². The van der Waals surface area contributed by atoms with E-state index >= 15 is 0 Å². The number of fused-ring (bicyclic) bond motifs is 1. The fraction of sp³-hybridized carbons (Fsp3) is 0.320. The van der Waals surface area contributed by atoms with E-state index in [1.807, 2.05) is 73.1 Å². The Balaban J connectivity index is 1.46. The molecule has 7 heteroatoms. The van der Waals surface area contributed by atoms with E-state index < -0.39 is 0 Å². The minimum atomic E-state index is -0.182. The number of benzene rings is 2. The van der Waals surface area contributed by atoms with Crippen molar-refractivity contribution in [2.75, 3.05) is 0 Å². The van der Waals surface area contributed by atoms with Gasteiger partial charge in [0.25, 0.3) is 0 Å². The zero-order valence-corrected chi connectivity index (χ0v) is 18.8. The van der Waals surface area contributed by atoms with Gasteiger partial charge in [0.1, 0.15) is 0 Å². The van der Waals surface area contributed by atoms with Crippen LogP contribution in [0.5, 0.6) is 0 Å². The molecule has 2 aromatic heterocycles. The van der Waals surface area contributed by atoms with Gasteiger partial charge in [-0.1, -0.05) is 37.3 Å². The lowest BCUT2D eigenvalue weighted by atomic mass is 10.1. The average molecular weight is 432 g/mol. The van der Waals surface area contributed by atoms with Crippen molar-refractivity contribution in [3.63, 3.8) is 0 Å². The molecule has 0 aliphatic carbocycles. The highest BCUT2D eigenvalue weighted by atomic mass is 16.2. The lowest BCUT2D eigenvalue weighted by Crippen LogP contribution is -2.30. The van der Waals surface area contributed by atoms with Gasteiger partial charge in [0.15, 0.2) is 0 Å². The van der Waals surface area contributed by atoms with E-state index in [9.17, 15) is 9.59 Å². The lowest BCUT2D eigenvalue weighted by molar-refractivity contribution is -0.121. The minimum absolute atomic E-state index is 0.0612. The highest BCUT2D eigenvalue weighted by molar-refractivity contribution is 5.78.